The molecule has 0 aliphatic carbocycles. The van der Waals surface area contributed by atoms with Crippen LogP contribution < -0.4 is 30.0 Å². The zero-order valence-electron chi connectivity index (χ0n) is 23.1. The van der Waals surface area contributed by atoms with Gasteiger partial charge in [-0.25, -0.2) is 4.68 Å². The molecule has 2 aromatic heterocycles. The molecular weight excluding hydrogens is 595 g/mol. The maximum absolute atomic E-state index is 14.0. The van der Waals surface area contributed by atoms with Gasteiger partial charge in [-0.15, -0.1) is 11.3 Å². The Labute approximate surface area is 251 Å². The molecule has 0 saturated carbocycles. The smallest absolute Gasteiger partial charge is 0.418 e. The first-order valence-corrected chi connectivity index (χ1v) is 13.6. The van der Waals surface area contributed by atoms with Crippen molar-refractivity contribution in [3.8, 4) is 40.2 Å². The van der Waals surface area contributed by atoms with Gasteiger partial charge < -0.3 is 15.2 Å². The van der Waals surface area contributed by atoms with E-state index in [4.69, 9.17) is 20.3 Å². The summed E-state index contributed by atoms with van der Waals surface area (Å²) in [7, 11) is 2.98. The van der Waals surface area contributed by atoms with Gasteiger partial charge >= 0.3 is 6.18 Å². The molecule has 0 fully saturated rings. The third kappa shape index (κ3) is 5.58. The van der Waals surface area contributed by atoms with Crippen LogP contribution in [0, 0.1) is 11.3 Å². The topological polar surface area (TPSA) is 125 Å². The van der Waals surface area contributed by atoms with Crippen molar-refractivity contribution in [1.29, 1.82) is 5.26 Å². The summed E-state index contributed by atoms with van der Waals surface area (Å²) in [6, 6.07) is 20.3. The maximum atomic E-state index is 14.0. The van der Waals surface area contributed by atoms with Gasteiger partial charge in [0.15, 0.2) is 17.1 Å². The lowest BCUT2D eigenvalue weighted by molar-refractivity contribution is -0.137. The van der Waals surface area contributed by atoms with Crippen molar-refractivity contribution < 1.29 is 27.4 Å². The number of amides is 1. The summed E-state index contributed by atoms with van der Waals surface area (Å²) in [6.45, 7) is 0. The fourth-order valence-electron chi connectivity index (χ4n) is 4.54. The van der Waals surface area contributed by atoms with Crippen molar-refractivity contribution >= 4 is 28.9 Å². The predicted molar refractivity (Wildman–Crippen MR) is 158 cm³/mol. The molecule has 0 spiro atoms. The largest absolute Gasteiger partial charge is 0.493 e. The number of hydrogen-bond acceptors (Lipinski definition) is 7. The fourth-order valence-corrected chi connectivity index (χ4v) is 5.63. The number of thiazole rings is 1. The molecule has 0 radical (unpaired) electrons. The molecule has 2 heterocycles. The zero-order chi connectivity index (χ0) is 31.6. The van der Waals surface area contributed by atoms with Gasteiger partial charge in [-0.1, -0.05) is 30.3 Å². The van der Waals surface area contributed by atoms with Crippen LogP contribution in [0.25, 0.3) is 34.3 Å². The summed E-state index contributed by atoms with van der Waals surface area (Å²) in [4.78, 5) is 26.0. The van der Waals surface area contributed by atoms with E-state index in [1.54, 1.807) is 35.1 Å². The molecule has 2 N–H and O–H groups in total. The highest BCUT2D eigenvalue weighted by Crippen LogP contribution is 2.34. The maximum Gasteiger partial charge on any atom is 0.418 e. The van der Waals surface area contributed by atoms with Crippen molar-refractivity contribution in [3.05, 3.63) is 110 Å². The monoisotopic (exact) mass is 617 g/mol. The molecule has 9 nitrogen and oxygen atoms in total. The Bertz CT molecular complexity index is 2110. The van der Waals surface area contributed by atoms with Gasteiger partial charge in [-0.05, 0) is 48.5 Å². The Morgan fingerprint density at radius 2 is 1.70 bits per heavy atom. The highest BCUT2D eigenvalue weighted by Gasteiger charge is 2.34. The number of carbonyl (C=O) groups is 1. The average molecular weight is 618 g/mol. The molecule has 3 aromatic carbocycles. The highest BCUT2D eigenvalue weighted by molar-refractivity contribution is 7.07. The van der Waals surface area contributed by atoms with Gasteiger partial charge in [0.1, 0.15) is 16.4 Å². The van der Waals surface area contributed by atoms with Crippen LogP contribution in [0.2, 0.25) is 0 Å². The van der Waals surface area contributed by atoms with Crippen molar-refractivity contribution in [2.75, 3.05) is 14.2 Å². The third-order valence-corrected chi connectivity index (χ3v) is 7.65. The van der Waals surface area contributed by atoms with E-state index in [0.717, 1.165) is 12.1 Å². The molecule has 1 amide bonds. The van der Waals surface area contributed by atoms with E-state index in [1.165, 1.54) is 32.4 Å². The molecule has 5 rings (SSSR count). The number of nitrogens with zero attached hydrogens (tertiary/aromatic N) is 4. The van der Waals surface area contributed by atoms with Crippen molar-refractivity contribution in [3.63, 3.8) is 0 Å². The second-order valence-corrected chi connectivity index (χ2v) is 10.2. The van der Waals surface area contributed by atoms with Crippen molar-refractivity contribution in [2.45, 2.75) is 6.18 Å². The molecule has 5 aromatic rings. The number of methoxy groups -OCH3 is 2. The molecule has 0 unspecified atom stereocenters. The lowest BCUT2D eigenvalue weighted by atomic mass is 10.1. The molecule has 0 aliphatic rings. The Balaban J connectivity index is 1.85. The van der Waals surface area contributed by atoms with E-state index < -0.39 is 34.5 Å². The Morgan fingerprint density at radius 1 is 1.02 bits per heavy atom. The van der Waals surface area contributed by atoms with Crippen LogP contribution in [-0.4, -0.2) is 34.5 Å². The normalized spacial score (nSPS) is 12.5. The van der Waals surface area contributed by atoms with Gasteiger partial charge in [0.25, 0.3) is 11.5 Å². The fraction of sp³-hybridized carbons (Fsp3) is 0.0968. The second-order valence-electron chi connectivity index (χ2n) is 9.21. The first-order chi connectivity index (χ1) is 21.1. The minimum Gasteiger partial charge on any atom is -0.493 e. The first kappa shape index (κ1) is 29.9. The lowest BCUT2D eigenvalue weighted by Gasteiger charge is -2.13. The van der Waals surface area contributed by atoms with Crippen molar-refractivity contribution in [2.24, 2.45) is 5.73 Å². The molecule has 0 aliphatic heterocycles. The van der Waals surface area contributed by atoms with Crippen LogP contribution in [0.3, 0.4) is 0 Å². The Hall–Kier alpha value is -5.61. The number of benzene rings is 3. The number of alkyl halides is 3. The van der Waals surface area contributed by atoms with Crippen LogP contribution in [0.1, 0.15) is 11.1 Å². The average Bonchev–Trinajstić information content (AvgIpc) is 3.58. The van der Waals surface area contributed by atoms with Gasteiger partial charge in [0, 0.05) is 17.3 Å². The number of nitriles is 1. The molecule has 44 heavy (non-hydrogen) atoms. The van der Waals surface area contributed by atoms with Gasteiger partial charge in [0.2, 0.25) is 0 Å². The SMILES string of the molecule is COc1ccc(-c2nn(-c3ccccc3)cc2/C=c2\s/c(=C(/C#N)C(N)=O)n(-c3ccccc3C(F)(F)F)c2=O)cc1OC. The van der Waals surface area contributed by atoms with Gasteiger partial charge in [-0.3, -0.25) is 14.2 Å². The highest BCUT2D eigenvalue weighted by atomic mass is 32.1. The second kappa shape index (κ2) is 11.9. The Kier molecular flexibility index (Phi) is 8.11. The summed E-state index contributed by atoms with van der Waals surface area (Å²) in [5.41, 5.74) is 4.29. The van der Waals surface area contributed by atoms with Crippen LogP contribution >= 0.6 is 11.3 Å². The summed E-state index contributed by atoms with van der Waals surface area (Å²) >= 11 is 0.664. The lowest BCUT2D eigenvalue weighted by Crippen LogP contribution is -2.33. The number of primary amides is 1. The first-order valence-electron chi connectivity index (χ1n) is 12.8. The van der Waals surface area contributed by atoms with Gasteiger partial charge in [-0.2, -0.15) is 23.5 Å². The van der Waals surface area contributed by atoms with Crippen LogP contribution in [0.5, 0.6) is 11.5 Å². The molecule has 0 atom stereocenters. The quantitative estimate of drug-likeness (QED) is 0.297. The van der Waals surface area contributed by atoms with Crippen LogP contribution in [-0.2, 0) is 11.0 Å². The number of nitrogens with two attached hydrogens (primary N) is 1. The van der Waals surface area contributed by atoms with E-state index in [9.17, 15) is 28.0 Å². The molecule has 13 heteroatoms. The van der Waals surface area contributed by atoms with E-state index in [1.807, 2.05) is 30.3 Å². The van der Waals surface area contributed by atoms with Crippen LogP contribution in [0.15, 0.2) is 83.8 Å². The minimum absolute atomic E-state index is 0.0692. The summed E-state index contributed by atoms with van der Waals surface area (Å²) in [5, 5.41) is 14.4. The summed E-state index contributed by atoms with van der Waals surface area (Å²) < 4.78 is 54.7. The number of aromatic nitrogens is 3. The van der Waals surface area contributed by atoms with E-state index in [-0.39, 0.29) is 9.20 Å². The summed E-state index contributed by atoms with van der Waals surface area (Å²) in [5.74, 6) is -0.296. The Morgan fingerprint density at radius 3 is 2.34 bits per heavy atom. The zero-order valence-corrected chi connectivity index (χ0v) is 23.9. The number of halogens is 3. The molecule has 0 bridgehead atoms. The van der Waals surface area contributed by atoms with E-state index >= 15 is 0 Å². The molecule has 222 valence electrons. The van der Waals surface area contributed by atoms with E-state index in [0.29, 0.717) is 49.9 Å². The minimum atomic E-state index is -4.84. The van der Waals surface area contributed by atoms with Gasteiger partial charge in [0.05, 0.1) is 35.7 Å². The van der Waals surface area contributed by atoms with Crippen LogP contribution in [0.4, 0.5) is 13.2 Å². The third-order valence-electron chi connectivity index (χ3n) is 6.55. The van der Waals surface area contributed by atoms with Crippen molar-refractivity contribution in [1.82, 2.24) is 14.3 Å². The van der Waals surface area contributed by atoms with E-state index in [2.05, 4.69) is 0 Å². The molecular formula is C31H22F3N5O4S. The number of carbonyl (C=O) groups excluding carboxylic acids is 1. The summed E-state index contributed by atoms with van der Waals surface area (Å²) in [6.07, 6.45) is -1.75. The standard InChI is InChI=1S/C31H22F3N5O4S/c1-42-24-13-12-18(14-25(24)43-2)27-19(17-38(37-27)20-8-4-3-5-9-20)15-26-29(41)39(30(44-26)21(16-35)28(36)40)23-11-7-6-10-22(23)31(32,33)34/h3-15,17H,1-2H3,(H2,36,40)/b26-15-,30-21-. The number of para-hydroxylation sites is 2. The predicted octanol–water partition coefficient (Wildman–Crippen LogP) is 3.78. The number of rotatable bonds is 7. The molecule has 0 saturated heterocycles. The number of ether oxygens (including phenoxy) is 2. The number of hydrogen-bond donors (Lipinski definition) is 1.